The number of nitrogens with one attached hydrogen (secondary N) is 1. The predicted molar refractivity (Wildman–Crippen MR) is 120 cm³/mol. The highest BCUT2D eigenvalue weighted by atomic mass is 32.2. The monoisotopic (exact) mass is 396 g/mol. The van der Waals surface area contributed by atoms with Gasteiger partial charge in [-0.1, -0.05) is 67.1 Å². The first-order valence-electron chi connectivity index (χ1n) is 10.3. The van der Waals surface area contributed by atoms with Gasteiger partial charge in [0.05, 0.1) is 5.92 Å². The fraction of sp³-hybridized carbons (Fsp3) is 0.458. The minimum atomic E-state index is -0.0672. The van der Waals surface area contributed by atoms with E-state index in [0.29, 0.717) is 5.92 Å². The molecule has 0 bridgehead atoms. The van der Waals surface area contributed by atoms with Gasteiger partial charge in [0.25, 0.3) is 0 Å². The first kappa shape index (κ1) is 20.9. The van der Waals surface area contributed by atoms with Crippen molar-refractivity contribution in [3.05, 3.63) is 71.8 Å². The molecule has 3 rings (SSSR count). The lowest BCUT2D eigenvalue weighted by Crippen LogP contribution is -2.38. The van der Waals surface area contributed by atoms with E-state index in [1.807, 2.05) is 18.2 Å². The van der Waals surface area contributed by atoms with Crippen molar-refractivity contribution in [3.8, 4) is 0 Å². The molecule has 0 unspecified atom stereocenters. The molecule has 28 heavy (non-hydrogen) atoms. The van der Waals surface area contributed by atoms with E-state index in [4.69, 9.17) is 0 Å². The van der Waals surface area contributed by atoms with Gasteiger partial charge in [-0.3, -0.25) is 9.69 Å². The van der Waals surface area contributed by atoms with E-state index in [1.165, 1.54) is 24.8 Å². The van der Waals surface area contributed by atoms with Gasteiger partial charge >= 0.3 is 0 Å². The molecule has 4 heteroatoms. The fourth-order valence-electron chi connectivity index (χ4n) is 4.01. The van der Waals surface area contributed by atoms with Crippen molar-refractivity contribution in [3.63, 3.8) is 0 Å². The third-order valence-corrected chi connectivity index (χ3v) is 6.19. The van der Waals surface area contributed by atoms with Gasteiger partial charge in [0.1, 0.15) is 0 Å². The number of hydrogen-bond donors (Lipinski definition) is 1. The Balaban J connectivity index is 1.55. The number of carbonyl (C=O) groups excluding carboxylic acids is 1. The summed E-state index contributed by atoms with van der Waals surface area (Å²) in [6, 6.07) is 20.9. The van der Waals surface area contributed by atoms with Crippen LogP contribution in [0.5, 0.6) is 0 Å². The molecule has 1 N–H and O–H groups in total. The van der Waals surface area contributed by atoms with E-state index >= 15 is 0 Å². The van der Waals surface area contributed by atoms with Gasteiger partial charge in [0.2, 0.25) is 5.91 Å². The van der Waals surface area contributed by atoms with Crippen molar-refractivity contribution in [1.82, 2.24) is 10.2 Å². The maximum atomic E-state index is 12.9. The average molecular weight is 397 g/mol. The summed E-state index contributed by atoms with van der Waals surface area (Å²) in [5.41, 5.74) is 2.48. The van der Waals surface area contributed by atoms with Crippen LogP contribution in [0.15, 0.2) is 60.7 Å². The van der Waals surface area contributed by atoms with E-state index in [-0.39, 0.29) is 11.8 Å². The zero-order chi connectivity index (χ0) is 19.6. The van der Waals surface area contributed by atoms with Crippen LogP contribution in [0.2, 0.25) is 0 Å². The Morgan fingerprint density at radius 1 is 1.11 bits per heavy atom. The van der Waals surface area contributed by atoms with Gasteiger partial charge in [-0.25, -0.2) is 0 Å². The zero-order valence-corrected chi connectivity index (χ0v) is 17.7. The van der Waals surface area contributed by atoms with E-state index in [9.17, 15) is 4.79 Å². The van der Waals surface area contributed by atoms with Gasteiger partial charge in [-0.15, -0.1) is 0 Å². The van der Waals surface area contributed by atoms with Gasteiger partial charge < -0.3 is 5.32 Å². The van der Waals surface area contributed by atoms with Crippen LogP contribution >= 0.6 is 11.8 Å². The minimum Gasteiger partial charge on any atom is -0.355 e. The van der Waals surface area contributed by atoms with Crippen LogP contribution in [0.1, 0.15) is 36.3 Å². The molecule has 1 heterocycles. The molecule has 0 radical (unpaired) electrons. The molecule has 0 aromatic heterocycles. The summed E-state index contributed by atoms with van der Waals surface area (Å²) in [6.45, 7) is 4.00. The molecule has 1 aliphatic heterocycles. The topological polar surface area (TPSA) is 32.3 Å². The van der Waals surface area contributed by atoms with E-state index in [2.05, 4.69) is 58.9 Å². The Morgan fingerprint density at radius 3 is 2.54 bits per heavy atom. The molecule has 3 nitrogen and oxygen atoms in total. The molecule has 1 fully saturated rings. The first-order chi connectivity index (χ1) is 13.8. The Morgan fingerprint density at radius 2 is 1.82 bits per heavy atom. The van der Waals surface area contributed by atoms with Crippen molar-refractivity contribution >= 4 is 17.7 Å². The van der Waals surface area contributed by atoms with Crippen LogP contribution in [0, 0.1) is 5.92 Å². The second-order valence-electron chi connectivity index (χ2n) is 7.75. The van der Waals surface area contributed by atoms with Gasteiger partial charge in [0.15, 0.2) is 0 Å². The molecule has 150 valence electrons. The largest absolute Gasteiger partial charge is 0.355 e. The van der Waals surface area contributed by atoms with Gasteiger partial charge in [0, 0.05) is 25.4 Å². The third-order valence-electron chi connectivity index (χ3n) is 5.52. The molecular weight excluding hydrogens is 364 g/mol. The number of amides is 1. The summed E-state index contributed by atoms with van der Waals surface area (Å²) in [4.78, 5) is 15.4. The quantitative estimate of drug-likeness (QED) is 0.710. The summed E-state index contributed by atoms with van der Waals surface area (Å²) in [5, 5.41) is 3.27. The summed E-state index contributed by atoms with van der Waals surface area (Å²) in [7, 11) is 0. The minimum absolute atomic E-state index is 0.0672. The van der Waals surface area contributed by atoms with Gasteiger partial charge in [-0.05, 0) is 42.7 Å². The summed E-state index contributed by atoms with van der Waals surface area (Å²) < 4.78 is 0. The molecular formula is C24H32N2OS. The molecule has 0 aliphatic carbocycles. The SMILES string of the molecule is CSC[C@H](C(=O)NC[C@@H]1CCCCN(Cc2ccccc2)C1)c1ccccc1. The van der Waals surface area contributed by atoms with Crippen molar-refractivity contribution in [2.24, 2.45) is 5.92 Å². The molecule has 1 aliphatic rings. The molecule has 0 saturated carbocycles. The standard InChI is InChI=1S/C24H32N2OS/c1-28-19-23(22-13-6-3-7-14-22)24(27)25-16-21-12-8-9-15-26(18-21)17-20-10-4-2-5-11-20/h2-7,10-11,13-14,21,23H,8-9,12,15-19H2,1H3,(H,25,27)/t21-,23-/m0/s1. The third kappa shape index (κ3) is 6.39. The number of nitrogens with zero attached hydrogens (tertiary/aromatic N) is 1. The normalized spacial score (nSPS) is 19.0. The van der Waals surface area contributed by atoms with Crippen molar-refractivity contribution < 1.29 is 4.79 Å². The number of likely N-dealkylation sites (tertiary alicyclic amines) is 1. The Labute approximate surface area is 173 Å². The maximum Gasteiger partial charge on any atom is 0.228 e. The van der Waals surface area contributed by atoms with Crippen LogP contribution in [0.25, 0.3) is 0 Å². The number of carbonyl (C=O) groups is 1. The average Bonchev–Trinajstić information content (AvgIpc) is 2.96. The number of rotatable bonds is 8. The summed E-state index contributed by atoms with van der Waals surface area (Å²) >= 11 is 1.73. The highest BCUT2D eigenvalue weighted by Crippen LogP contribution is 2.21. The maximum absolute atomic E-state index is 12.9. The first-order valence-corrected chi connectivity index (χ1v) is 11.7. The Hall–Kier alpha value is -1.78. The van der Waals surface area contributed by atoms with Crippen LogP contribution < -0.4 is 5.32 Å². The lowest BCUT2D eigenvalue weighted by molar-refractivity contribution is -0.122. The Kier molecular flexibility index (Phi) is 8.43. The second kappa shape index (κ2) is 11.3. The lowest BCUT2D eigenvalue weighted by atomic mass is 9.99. The van der Waals surface area contributed by atoms with E-state index < -0.39 is 0 Å². The second-order valence-corrected chi connectivity index (χ2v) is 8.66. The molecule has 0 spiro atoms. The number of thioether (sulfide) groups is 1. The summed E-state index contributed by atoms with van der Waals surface area (Å²) in [6.07, 6.45) is 5.76. The molecule has 2 atom stereocenters. The molecule has 2 aromatic carbocycles. The van der Waals surface area contributed by atoms with Crippen LogP contribution in [0.3, 0.4) is 0 Å². The van der Waals surface area contributed by atoms with Crippen LogP contribution in [-0.2, 0) is 11.3 Å². The molecule has 1 amide bonds. The molecule has 2 aromatic rings. The lowest BCUT2D eigenvalue weighted by Gasteiger charge is -2.25. The predicted octanol–water partition coefficient (Wildman–Crippen LogP) is 4.55. The van der Waals surface area contributed by atoms with Crippen LogP contribution in [-0.4, -0.2) is 42.4 Å². The highest BCUT2D eigenvalue weighted by molar-refractivity contribution is 7.98. The smallest absolute Gasteiger partial charge is 0.228 e. The number of benzene rings is 2. The highest BCUT2D eigenvalue weighted by Gasteiger charge is 2.23. The Bertz CT molecular complexity index is 707. The van der Waals surface area contributed by atoms with Gasteiger partial charge in [-0.2, -0.15) is 11.8 Å². The van der Waals surface area contributed by atoms with Crippen molar-refractivity contribution in [1.29, 1.82) is 0 Å². The van der Waals surface area contributed by atoms with E-state index in [0.717, 1.165) is 37.5 Å². The zero-order valence-electron chi connectivity index (χ0n) is 16.8. The van der Waals surface area contributed by atoms with Crippen molar-refractivity contribution in [2.75, 3.05) is 31.6 Å². The number of hydrogen-bond acceptors (Lipinski definition) is 3. The van der Waals surface area contributed by atoms with Crippen molar-refractivity contribution in [2.45, 2.75) is 31.7 Å². The molecule has 1 saturated heterocycles. The fourth-order valence-corrected chi connectivity index (χ4v) is 4.69. The van der Waals surface area contributed by atoms with E-state index in [1.54, 1.807) is 11.8 Å². The van der Waals surface area contributed by atoms with Crippen LogP contribution in [0.4, 0.5) is 0 Å². The summed E-state index contributed by atoms with van der Waals surface area (Å²) in [5.74, 6) is 1.45.